The number of nitrogens with one attached hydrogen (secondary N) is 1. The summed E-state index contributed by atoms with van der Waals surface area (Å²) < 4.78 is 11.1. The standard InChI is InChI=1S/C48H89NO9/c1-3-5-7-9-11-13-15-17-18-19-20-21-22-23-25-27-29-31-33-35-37-42(52)47(56)49-40(39-57-48-46(55)45(54)44(53)43(38-50)58-48)41(51)36-34-32-30-28-26-24-16-14-12-10-8-6-4-2/h26,28,34-37,40-46,48,50-55H,3-25,27,29-33,38-39H2,1-2H3,(H,49,56)/b28-26+,36-34+,37-35+/t40-,41-,42+,43+,44-,45+,46-,48-/m0/s1. The average molecular weight is 824 g/mol. The van der Waals surface area contributed by atoms with E-state index in [0.29, 0.717) is 6.42 Å². The number of ether oxygens (including phenoxy) is 2. The van der Waals surface area contributed by atoms with Crippen LogP contribution in [-0.2, 0) is 14.3 Å². The van der Waals surface area contributed by atoms with Gasteiger partial charge in [0.25, 0.3) is 5.91 Å². The van der Waals surface area contributed by atoms with E-state index in [1.54, 1.807) is 6.08 Å². The Morgan fingerprint density at radius 1 is 0.569 bits per heavy atom. The van der Waals surface area contributed by atoms with Crippen molar-refractivity contribution >= 4 is 5.91 Å². The molecule has 1 amide bonds. The summed E-state index contributed by atoms with van der Waals surface area (Å²) in [5, 5.41) is 64.5. The van der Waals surface area contributed by atoms with Crippen molar-refractivity contribution in [1.82, 2.24) is 5.32 Å². The number of allylic oxidation sites excluding steroid dienone is 4. The molecule has 58 heavy (non-hydrogen) atoms. The molecular formula is C48H89NO9. The number of aliphatic hydroxyl groups is 6. The van der Waals surface area contributed by atoms with Crippen LogP contribution < -0.4 is 5.32 Å². The van der Waals surface area contributed by atoms with Crippen LogP contribution in [0.3, 0.4) is 0 Å². The van der Waals surface area contributed by atoms with Crippen molar-refractivity contribution < 1.29 is 44.9 Å². The van der Waals surface area contributed by atoms with Gasteiger partial charge in [-0.25, -0.2) is 0 Å². The third-order valence-corrected chi connectivity index (χ3v) is 11.3. The molecule has 1 rings (SSSR count). The minimum absolute atomic E-state index is 0.339. The minimum Gasteiger partial charge on any atom is -0.394 e. The Kier molecular flexibility index (Phi) is 35.9. The van der Waals surface area contributed by atoms with Crippen LogP contribution in [-0.4, -0.2) is 98.7 Å². The van der Waals surface area contributed by atoms with Gasteiger partial charge in [-0.2, -0.15) is 0 Å². The van der Waals surface area contributed by atoms with E-state index in [2.05, 4.69) is 31.3 Å². The van der Waals surface area contributed by atoms with E-state index >= 15 is 0 Å². The van der Waals surface area contributed by atoms with Gasteiger partial charge in [0.2, 0.25) is 0 Å². The predicted molar refractivity (Wildman–Crippen MR) is 236 cm³/mol. The van der Waals surface area contributed by atoms with Gasteiger partial charge in [0.05, 0.1) is 25.4 Å². The van der Waals surface area contributed by atoms with Gasteiger partial charge in [-0.15, -0.1) is 0 Å². The zero-order chi connectivity index (χ0) is 42.5. The molecule has 1 saturated heterocycles. The third kappa shape index (κ3) is 28.0. The first-order valence-electron chi connectivity index (χ1n) is 23.8. The van der Waals surface area contributed by atoms with Crippen LogP contribution in [0.4, 0.5) is 0 Å². The smallest absolute Gasteiger partial charge is 0.253 e. The van der Waals surface area contributed by atoms with Crippen molar-refractivity contribution in [3.63, 3.8) is 0 Å². The van der Waals surface area contributed by atoms with Crippen LogP contribution in [0.2, 0.25) is 0 Å². The lowest BCUT2D eigenvalue weighted by Gasteiger charge is -2.40. The quantitative estimate of drug-likeness (QED) is 0.0236. The summed E-state index contributed by atoms with van der Waals surface area (Å²) in [6, 6.07) is -1.03. The number of rotatable bonds is 39. The summed E-state index contributed by atoms with van der Waals surface area (Å²) in [4.78, 5) is 13.0. The Balaban J connectivity index is 2.41. The molecule has 1 aliphatic heterocycles. The number of aliphatic hydroxyl groups excluding tert-OH is 6. The fourth-order valence-corrected chi connectivity index (χ4v) is 7.39. The second kappa shape index (κ2) is 38.3. The first-order chi connectivity index (χ1) is 28.3. The van der Waals surface area contributed by atoms with E-state index in [1.807, 2.05) is 12.2 Å². The molecule has 0 aromatic heterocycles. The van der Waals surface area contributed by atoms with Crippen LogP contribution in [0.5, 0.6) is 0 Å². The van der Waals surface area contributed by atoms with Crippen molar-refractivity contribution in [3.05, 3.63) is 36.5 Å². The van der Waals surface area contributed by atoms with Gasteiger partial charge in [-0.3, -0.25) is 4.79 Å². The van der Waals surface area contributed by atoms with Gasteiger partial charge >= 0.3 is 0 Å². The average Bonchev–Trinajstić information content (AvgIpc) is 3.22. The molecule has 7 N–H and O–H groups in total. The molecule has 10 heteroatoms. The minimum atomic E-state index is -1.62. The van der Waals surface area contributed by atoms with Gasteiger partial charge < -0.3 is 45.4 Å². The third-order valence-electron chi connectivity index (χ3n) is 11.3. The van der Waals surface area contributed by atoms with Crippen LogP contribution in [0, 0.1) is 0 Å². The summed E-state index contributed by atoms with van der Waals surface area (Å²) in [6.07, 6.45) is 37.0. The molecule has 1 heterocycles. The molecule has 0 aliphatic carbocycles. The molecule has 340 valence electrons. The number of amides is 1. The highest BCUT2D eigenvalue weighted by Gasteiger charge is 2.44. The van der Waals surface area contributed by atoms with Gasteiger partial charge in [-0.1, -0.05) is 198 Å². The van der Waals surface area contributed by atoms with Crippen LogP contribution in [0.25, 0.3) is 0 Å². The first-order valence-corrected chi connectivity index (χ1v) is 23.8. The van der Waals surface area contributed by atoms with E-state index in [9.17, 15) is 35.4 Å². The van der Waals surface area contributed by atoms with E-state index in [4.69, 9.17) is 9.47 Å². The van der Waals surface area contributed by atoms with Crippen LogP contribution in [0.1, 0.15) is 200 Å². The largest absolute Gasteiger partial charge is 0.394 e. The van der Waals surface area contributed by atoms with E-state index in [-0.39, 0.29) is 6.61 Å². The molecule has 0 aromatic carbocycles. The lowest BCUT2D eigenvalue weighted by Crippen LogP contribution is -2.60. The van der Waals surface area contributed by atoms with E-state index in [1.165, 1.54) is 154 Å². The second-order valence-electron chi connectivity index (χ2n) is 16.7. The summed E-state index contributed by atoms with van der Waals surface area (Å²) in [5.74, 6) is -0.711. The first kappa shape index (κ1) is 54.4. The summed E-state index contributed by atoms with van der Waals surface area (Å²) >= 11 is 0. The number of carbonyl (C=O) groups is 1. The van der Waals surface area contributed by atoms with Crippen molar-refractivity contribution in [1.29, 1.82) is 0 Å². The van der Waals surface area contributed by atoms with Gasteiger partial charge in [0.1, 0.15) is 24.4 Å². The molecule has 1 aliphatic rings. The highest BCUT2D eigenvalue weighted by atomic mass is 16.7. The molecule has 0 bridgehead atoms. The monoisotopic (exact) mass is 824 g/mol. The van der Waals surface area contributed by atoms with E-state index in [0.717, 1.165) is 32.1 Å². The number of hydrogen-bond acceptors (Lipinski definition) is 9. The maximum absolute atomic E-state index is 13.0. The maximum Gasteiger partial charge on any atom is 0.253 e. The Bertz CT molecular complexity index is 1020. The number of carbonyl (C=O) groups excluding carboxylic acids is 1. The summed E-state index contributed by atoms with van der Waals surface area (Å²) in [7, 11) is 0. The Hall–Kier alpha value is -1.63. The highest BCUT2D eigenvalue weighted by molar-refractivity contribution is 5.82. The van der Waals surface area contributed by atoms with Gasteiger partial charge in [0.15, 0.2) is 12.4 Å². The molecule has 8 atom stereocenters. The molecule has 0 spiro atoms. The molecular weight excluding hydrogens is 735 g/mol. The number of unbranched alkanes of at least 4 members (excludes halogenated alkanes) is 26. The molecule has 0 radical (unpaired) electrons. The van der Waals surface area contributed by atoms with Crippen LogP contribution >= 0.6 is 0 Å². The van der Waals surface area contributed by atoms with Crippen LogP contribution in [0.15, 0.2) is 36.5 Å². The highest BCUT2D eigenvalue weighted by Crippen LogP contribution is 2.22. The fraction of sp³-hybridized carbons (Fsp3) is 0.854. The zero-order valence-corrected chi connectivity index (χ0v) is 36.9. The van der Waals surface area contributed by atoms with Gasteiger partial charge in [0, 0.05) is 0 Å². The lowest BCUT2D eigenvalue weighted by atomic mass is 9.99. The predicted octanol–water partition coefficient (Wildman–Crippen LogP) is 9.03. The summed E-state index contributed by atoms with van der Waals surface area (Å²) in [5.41, 5.74) is 0. The van der Waals surface area contributed by atoms with Gasteiger partial charge in [-0.05, 0) is 38.5 Å². The molecule has 0 unspecified atom stereocenters. The maximum atomic E-state index is 13.0. The second-order valence-corrected chi connectivity index (χ2v) is 16.7. The zero-order valence-electron chi connectivity index (χ0n) is 36.9. The SMILES string of the molecule is CCCCCCCCC/C=C/CC/C=C/[C@H](O)[C@H](CO[C@H]1O[C@H](CO)[C@H](O)[C@@H](O)[C@@H]1O)NC(=O)[C@H](O)/C=C/CCCCCCCCCCCCCCCCCCCC. The van der Waals surface area contributed by atoms with Crippen molar-refractivity contribution in [2.75, 3.05) is 13.2 Å². The van der Waals surface area contributed by atoms with Crippen molar-refractivity contribution in [2.24, 2.45) is 0 Å². The Morgan fingerprint density at radius 3 is 1.47 bits per heavy atom. The number of hydrogen-bond donors (Lipinski definition) is 7. The molecule has 0 saturated carbocycles. The Labute approximate surface area is 354 Å². The van der Waals surface area contributed by atoms with Crippen molar-refractivity contribution in [2.45, 2.75) is 249 Å². The molecule has 10 nitrogen and oxygen atoms in total. The normalized spacial score (nSPS) is 21.7. The van der Waals surface area contributed by atoms with E-state index < -0.39 is 61.5 Å². The topological polar surface area (TPSA) is 169 Å². The lowest BCUT2D eigenvalue weighted by molar-refractivity contribution is -0.302. The summed E-state index contributed by atoms with van der Waals surface area (Å²) in [6.45, 7) is 3.55. The Morgan fingerprint density at radius 2 is 0.983 bits per heavy atom. The molecule has 1 fully saturated rings. The fourth-order valence-electron chi connectivity index (χ4n) is 7.39. The molecule has 0 aromatic rings. The van der Waals surface area contributed by atoms with Crippen molar-refractivity contribution in [3.8, 4) is 0 Å².